The molecule has 3 nitrogen and oxygen atoms in total. The number of nitrogens with zero attached hydrogens (tertiary/aromatic N) is 2. The Labute approximate surface area is 94.2 Å². The molecule has 1 N–H and O–H groups in total. The lowest BCUT2D eigenvalue weighted by Crippen LogP contribution is -1.97. The summed E-state index contributed by atoms with van der Waals surface area (Å²) in [7, 11) is 1.88. The van der Waals surface area contributed by atoms with E-state index in [1.54, 1.807) is 6.33 Å². The van der Waals surface area contributed by atoms with Crippen LogP contribution in [-0.4, -0.2) is 14.7 Å². The van der Waals surface area contributed by atoms with E-state index in [4.69, 9.17) is 0 Å². The Kier molecular flexibility index (Phi) is 2.71. The van der Waals surface area contributed by atoms with Crippen LogP contribution in [0.5, 0.6) is 0 Å². The minimum atomic E-state index is -0.634. The van der Waals surface area contributed by atoms with Crippen LogP contribution in [0.2, 0.25) is 0 Å². The van der Waals surface area contributed by atoms with Crippen LogP contribution in [0.3, 0.4) is 0 Å². The Balaban J connectivity index is 2.33. The van der Waals surface area contributed by atoms with E-state index in [0.29, 0.717) is 5.69 Å². The standard InChI is InChI=1S/C9H9BrN2OS/c1-12-4-7(11-5-12)8(13)9-6(10)2-3-14-9/h2-5,8,13H,1H3. The quantitative estimate of drug-likeness (QED) is 0.911. The third-order valence-corrected chi connectivity index (χ3v) is 3.82. The summed E-state index contributed by atoms with van der Waals surface area (Å²) in [6.07, 6.45) is 2.86. The maximum Gasteiger partial charge on any atom is 0.133 e. The van der Waals surface area contributed by atoms with Gasteiger partial charge in [-0.05, 0) is 27.4 Å². The van der Waals surface area contributed by atoms with E-state index in [-0.39, 0.29) is 0 Å². The first-order valence-electron chi connectivity index (χ1n) is 4.07. The van der Waals surface area contributed by atoms with Crippen LogP contribution in [-0.2, 0) is 7.05 Å². The largest absolute Gasteiger partial charge is 0.381 e. The molecule has 0 aliphatic heterocycles. The summed E-state index contributed by atoms with van der Waals surface area (Å²) in [4.78, 5) is 5.00. The van der Waals surface area contributed by atoms with Gasteiger partial charge in [-0.25, -0.2) is 4.98 Å². The fraction of sp³-hybridized carbons (Fsp3) is 0.222. The Morgan fingerprint density at radius 1 is 1.64 bits per heavy atom. The third-order valence-electron chi connectivity index (χ3n) is 1.90. The van der Waals surface area contributed by atoms with Crippen molar-refractivity contribution in [2.24, 2.45) is 7.05 Å². The first kappa shape index (κ1) is 9.89. The van der Waals surface area contributed by atoms with Crippen molar-refractivity contribution in [2.45, 2.75) is 6.10 Å². The van der Waals surface area contributed by atoms with Gasteiger partial charge in [0.2, 0.25) is 0 Å². The molecule has 0 amide bonds. The van der Waals surface area contributed by atoms with Crippen molar-refractivity contribution in [3.05, 3.63) is 39.0 Å². The van der Waals surface area contributed by atoms with E-state index in [2.05, 4.69) is 20.9 Å². The summed E-state index contributed by atoms with van der Waals surface area (Å²) in [6.45, 7) is 0. The van der Waals surface area contributed by atoms with Crippen molar-refractivity contribution in [3.8, 4) is 0 Å². The van der Waals surface area contributed by atoms with Crippen molar-refractivity contribution in [3.63, 3.8) is 0 Å². The van der Waals surface area contributed by atoms with Crippen molar-refractivity contribution in [1.82, 2.24) is 9.55 Å². The Bertz CT molecular complexity index is 437. The van der Waals surface area contributed by atoms with Gasteiger partial charge in [0, 0.05) is 17.7 Å². The zero-order valence-corrected chi connectivity index (χ0v) is 9.92. The van der Waals surface area contributed by atoms with Gasteiger partial charge in [0.05, 0.1) is 16.9 Å². The zero-order chi connectivity index (χ0) is 10.1. The fourth-order valence-electron chi connectivity index (χ4n) is 1.21. The van der Waals surface area contributed by atoms with Gasteiger partial charge in [0.15, 0.2) is 0 Å². The number of thiophene rings is 1. The fourth-order valence-corrected chi connectivity index (χ4v) is 2.79. The van der Waals surface area contributed by atoms with Crippen LogP contribution in [0, 0.1) is 0 Å². The van der Waals surface area contributed by atoms with Gasteiger partial charge in [-0.3, -0.25) is 0 Å². The van der Waals surface area contributed by atoms with Gasteiger partial charge >= 0.3 is 0 Å². The number of aliphatic hydroxyl groups is 1. The molecule has 0 bridgehead atoms. The van der Waals surface area contributed by atoms with E-state index < -0.39 is 6.10 Å². The van der Waals surface area contributed by atoms with Gasteiger partial charge in [-0.15, -0.1) is 11.3 Å². The number of imidazole rings is 1. The van der Waals surface area contributed by atoms with Crippen LogP contribution in [0.4, 0.5) is 0 Å². The second-order valence-electron chi connectivity index (χ2n) is 3.00. The number of aromatic nitrogens is 2. The SMILES string of the molecule is Cn1cnc(C(O)c2sccc2Br)c1. The molecule has 0 aromatic carbocycles. The highest BCUT2D eigenvalue weighted by molar-refractivity contribution is 9.10. The topological polar surface area (TPSA) is 38.0 Å². The van der Waals surface area contributed by atoms with E-state index in [0.717, 1.165) is 9.35 Å². The van der Waals surface area contributed by atoms with Crippen molar-refractivity contribution in [2.75, 3.05) is 0 Å². The monoisotopic (exact) mass is 272 g/mol. The molecule has 1 unspecified atom stereocenters. The van der Waals surface area contributed by atoms with E-state index in [1.165, 1.54) is 11.3 Å². The summed E-state index contributed by atoms with van der Waals surface area (Å²) in [5.41, 5.74) is 0.677. The lowest BCUT2D eigenvalue weighted by molar-refractivity contribution is 0.219. The van der Waals surface area contributed by atoms with Crippen LogP contribution >= 0.6 is 27.3 Å². The van der Waals surface area contributed by atoms with Crippen LogP contribution < -0.4 is 0 Å². The zero-order valence-electron chi connectivity index (χ0n) is 7.51. The third kappa shape index (κ3) is 1.75. The minimum absolute atomic E-state index is 0.634. The molecular weight excluding hydrogens is 264 g/mol. The van der Waals surface area contributed by atoms with Gasteiger partial charge in [0.25, 0.3) is 0 Å². The number of hydrogen-bond donors (Lipinski definition) is 1. The maximum absolute atomic E-state index is 9.98. The van der Waals surface area contributed by atoms with Crippen LogP contribution in [0.15, 0.2) is 28.4 Å². The highest BCUT2D eigenvalue weighted by Crippen LogP contribution is 2.32. The summed E-state index contributed by atoms with van der Waals surface area (Å²) in [6, 6.07) is 1.92. The van der Waals surface area contributed by atoms with E-state index in [1.807, 2.05) is 29.3 Å². The number of aryl methyl sites for hydroxylation is 1. The van der Waals surface area contributed by atoms with Gasteiger partial charge in [-0.2, -0.15) is 0 Å². The molecule has 2 aromatic rings. The number of hydrogen-bond acceptors (Lipinski definition) is 3. The molecule has 74 valence electrons. The van der Waals surface area contributed by atoms with E-state index in [9.17, 15) is 5.11 Å². The van der Waals surface area contributed by atoms with Crippen LogP contribution in [0.1, 0.15) is 16.7 Å². The van der Waals surface area contributed by atoms with Gasteiger partial charge in [0.1, 0.15) is 6.10 Å². The van der Waals surface area contributed by atoms with Crippen molar-refractivity contribution >= 4 is 27.3 Å². The summed E-state index contributed by atoms with van der Waals surface area (Å²) >= 11 is 4.90. The summed E-state index contributed by atoms with van der Waals surface area (Å²) in [5, 5.41) is 11.9. The summed E-state index contributed by atoms with van der Waals surface area (Å²) in [5.74, 6) is 0. The second kappa shape index (κ2) is 3.84. The molecule has 0 spiro atoms. The molecule has 2 aromatic heterocycles. The molecule has 2 rings (SSSR count). The molecule has 5 heteroatoms. The van der Waals surface area contributed by atoms with Crippen LogP contribution in [0.25, 0.3) is 0 Å². The molecule has 0 saturated heterocycles. The average molecular weight is 273 g/mol. The molecule has 14 heavy (non-hydrogen) atoms. The Morgan fingerprint density at radius 2 is 2.43 bits per heavy atom. The van der Waals surface area contributed by atoms with Gasteiger partial charge in [-0.1, -0.05) is 0 Å². The first-order chi connectivity index (χ1) is 6.68. The highest BCUT2D eigenvalue weighted by atomic mass is 79.9. The average Bonchev–Trinajstić information content (AvgIpc) is 2.73. The maximum atomic E-state index is 9.98. The number of halogens is 1. The Hall–Kier alpha value is -0.650. The number of rotatable bonds is 2. The molecule has 0 aliphatic rings. The predicted octanol–water partition coefficient (Wildman–Crippen LogP) is 2.33. The van der Waals surface area contributed by atoms with E-state index >= 15 is 0 Å². The van der Waals surface area contributed by atoms with Crippen molar-refractivity contribution < 1.29 is 5.11 Å². The molecule has 0 fully saturated rings. The van der Waals surface area contributed by atoms with Crippen molar-refractivity contribution in [1.29, 1.82) is 0 Å². The second-order valence-corrected chi connectivity index (χ2v) is 4.80. The first-order valence-corrected chi connectivity index (χ1v) is 5.74. The smallest absolute Gasteiger partial charge is 0.133 e. The predicted molar refractivity (Wildman–Crippen MR) is 59.3 cm³/mol. The normalized spacial score (nSPS) is 13.1. The molecule has 1 atom stereocenters. The van der Waals surface area contributed by atoms with Gasteiger partial charge < -0.3 is 9.67 Å². The highest BCUT2D eigenvalue weighted by Gasteiger charge is 2.16. The molecular formula is C9H9BrN2OS. The summed E-state index contributed by atoms with van der Waals surface area (Å²) < 4.78 is 2.75. The molecule has 2 heterocycles. The molecule has 0 saturated carbocycles. The number of aliphatic hydroxyl groups excluding tert-OH is 1. The lowest BCUT2D eigenvalue weighted by Gasteiger charge is -2.05. The lowest BCUT2D eigenvalue weighted by atomic mass is 10.2. The Morgan fingerprint density at radius 3 is 2.93 bits per heavy atom. The minimum Gasteiger partial charge on any atom is -0.381 e. The molecule has 0 aliphatic carbocycles. The molecule has 0 radical (unpaired) electrons.